The molecule has 4 rings (SSSR count). The molecule has 0 spiro atoms. The van der Waals surface area contributed by atoms with Gasteiger partial charge in [0.1, 0.15) is 26.9 Å². The second-order valence-electron chi connectivity index (χ2n) is 7.98. The zero-order chi connectivity index (χ0) is 24.2. The van der Waals surface area contributed by atoms with Crippen molar-refractivity contribution >= 4 is 52.2 Å². The first kappa shape index (κ1) is 24.3. The fourth-order valence-corrected chi connectivity index (χ4v) is 5.06. The van der Waals surface area contributed by atoms with Crippen LogP contribution in [0.2, 0.25) is 9.36 Å². The van der Waals surface area contributed by atoms with Crippen molar-refractivity contribution in [1.82, 2.24) is 9.69 Å². The number of rotatable bonds is 7. The average molecular weight is 520 g/mol. The molecule has 2 aromatic carbocycles. The Morgan fingerprint density at radius 2 is 1.88 bits per heavy atom. The van der Waals surface area contributed by atoms with Crippen LogP contribution in [-0.4, -0.2) is 34.4 Å². The van der Waals surface area contributed by atoms with Gasteiger partial charge in [-0.15, -0.1) is 0 Å². The summed E-state index contributed by atoms with van der Waals surface area (Å²) in [6.07, 6.45) is 3.85. The first-order valence-electron chi connectivity index (χ1n) is 10.8. The van der Waals surface area contributed by atoms with Crippen LogP contribution in [0.4, 0.5) is 5.69 Å². The Balaban J connectivity index is 1.85. The second-order valence-corrected chi connectivity index (χ2v) is 9.73. The summed E-state index contributed by atoms with van der Waals surface area (Å²) in [6.45, 7) is 0. The minimum atomic E-state index is -1.06. The van der Waals surface area contributed by atoms with Crippen molar-refractivity contribution in [2.45, 2.75) is 37.8 Å². The summed E-state index contributed by atoms with van der Waals surface area (Å²) in [5.74, 6) is -0.363. The van der Waals surface area contributed by atoms with E-state index in [0.717, 1.165) is 37.2 Å². The van der Waals surface area contributed by atoms with Gasteiger partial charge in [0.05, 0.1) is 7.11 Å². The van der Waals surface area contributed by atoms with Crippen molar-refractivity contribution in [3.63, 3.8) is 0 Å². The van der Waals surface area contributed by atoms with Crippen molar-refractivity contribution in [1.29, 1.82) is 0 Å². The fraction of sp³-hybridized carbons (Fsp3) is 0.292. The van der Waals surface area contributed by atoms with Crippen molar-refractivity contribution in [2.24, 2.45) is 0 Å². The fourth-order valence-electron chi connectivity index (χ4n) is 4.07. The van der Waals surface area contributed by atoms with E-state index in [1.807, 2.05) is 0 Å². The number of ether oxygens (including phenoxy) is 1. The highest BCUT2D eigenvalue weighted by molar-refractivity contribution is 7.11. The van der Waals surface area contributed by atoms with Gasteiger partial charge in [0.2, 0.25) is 5.91 Å². The van der Waals surface area contributed by atoms with Crippen LogP contribution in [0.25, 0.3) is 0 Å². The number of benzene rings is 2. The normalized spacial score (nSPS) is 14.6. The lowest BCUT2D eigenvalue weighted by Gasteiger charge is -2.32. The lowest BCUT2D eigenvalue weighted by Crippen LogP contribution is -2.46. The third kappa shape index (κ3) is 5.14. The van der Waals surface area contributed by atoms with Gasteiger partial charge in [0.15, 0.2) is 5.69 Å². The molecule has 1 fully saturated rings. The highest BCUT2D eigenvalue weighted by Gasteiger charge is 2.37. The molecule has 1 saturated carbocycles. The molecule has 7 nitrogen and oxygen atoms in total. The Bertz CT molecular complexity index is 1180. The Hall–Kier alpha value is -2.81. The highest BCUT2D eigenvalue weighted by atomic mass is 35.5. The van der Waals surface area contributed by atoms with Crippen LogP contribution in [0.5, 0.6) is 11.5 Å². The Kier molecular flexibility index (Phi) is 7.60. The molecule has 178 valence electrons. The molecule has 1 unspecified atom stereocenters. The number of methoxy groups -OCH3 is 1. The molecule has 0 bridgehead atoms. The van der Waals surface area contributed by atoms with Gasteiger partial charge in [-0.05, 0) is 54.2 Å². The van der Waals surface area contributed by atoms with E-state index in [4.69, 9.17) is 27.9 Å². The van der Waals surface area contributed by atoms with Crippen LogP contribution in [0.15, 0.2) is 48.5 Å². The standard InChI is InChI=1S/C24H23Cl2N3O4S/c1-33-18-8-4-7-16(13-18)29(24(32)20-19(25)22(26)34-28-20)21(14-9-11-17(30)12-10-14)23(31)27-15-5-2-3-6-15/h4,7-13,15,21,30H,2-3,5-6H2,1H3,(H,27,31). The van der Waals surface area contributed by atoms with Gasteiger partial charge < -0.3 is 15.2 Å². The number of phenolic OH excluding ortho intramolecular Hbond substituents is 1. The van der Waals surface area contributed by atoms with Crippen molar-refractivity contribution in [3.05, 3.63) is 69.1 Å². The lowest BCUT2D eigenvalue weighted by atomic mass is 10.0. The van der Waals surface area contributed by atoms with Gasteiger partial charge in [-0.25, -0.2) is 0 Å². The molecular weight excluding hydrogens is 497 g/mol. The summed E-state index contributed by atoms with van der Waals surface area (Å²) in [6, 6.07) is 12.0. The van der Waals surface area contributed by atoms with Crippen LogP contribution in [0.3, 0.4) is 0 Å². The van der Waals surface area contributed by atoms with Crippen LogP contribution >= 0.6 is 34.7 Å². The summed E-state index contributed by atoms with van der Waals surface area (Å²) in [5, 5.41) is 12.9. The molecule has 0 saturated heterocycles. The lowest BCUT2D eigenvalue weighted by molar-refractivity contribution is -0.123. The average Bonchev–Trinajstić information content (AvgIpc) is 3.47. The van der Waals surface area contributed by atoms with Crippen LogP contribution in [0.1, 0.15) is 47.8 Å². The van der Waals surface area contributed by atoms with Gasteiger partial charge in [0, 0.05) is 17.8 Å². The molecular formula is C24H23Cl2N3O4S. The van der Waals surface area contributed by atoms with E-state index in [1.54, 1.807) is 36.4 Å². The minimum Gasteiger partial charge on any atom is -0.508 e. The van der Waals surface area contributed by atoms with Crippen LogP contribution in [0, 0.1) is 0 Å². The molecule has 1 aliphatic carbocycles. The third-order valence-electron chi connectivity index (χ3n) is 5.77. The summed E-state index contributed by atoms with van der Waals surface area (Å²) in [4.78, 5) is 28.9. The monoisotopic (exact) mass is 519 g/mol. The zero-order valence-electron chi connectivity index (χ0n) is 18.3. The first-order valence-corrected chi connectivity index (χ1v) is 12.3. The maximum Gasteiger partial charge on any atom is 0.280 e. The number of hydrogen-bond acceptors (Lipinski definition) is 6. The van der Waals surface area contributed by atoms with Gasteiger partial charge in [0.25, 0.3) is 5.91 Å². The summed E-state index contributed by atoms with van der Waals surface area (Å²) >= 11 is 13.3. The molecule has 3 aromatic rings. The van der Waals surface area contributed by atoms with Crippen LogP contribution in [-0.2, 0) is 4.79 Å². The number of nitrogens with zero attached hydrogens (tertiary/aromatic N) is 2. The molecule has 0 aliphatic heterocycles. The number of hydrogen-bond donors (Lipinski definition) is 2. The summed E-state index contributed by atoms with van der Waals surface area (Å²) < 4.78 is 9.68. The quantitative estimate of drug-likeness (QED) is 0.423. The Morgan fingerprint density at radius 3 is 2.50 bits per heavy atom. The number of amides is 2. The SMILES string of the molecule is COc1cccc(N(C(=O)c2nsc(Cl)c2Cl)C(C(=O)NC2CCCC2)c2ccc(O)cc2)c1. The van der Waals surface area contributed by atoms with E-state index in [0.29, 0.717) is 17.0 Å². The number of phenols is 1. The molecule has 34 heavy (non-hydrogen) atoms. The minimum absolute atomic E-state index is 0.0326. The van der Waals surface area contributed by atoms with E-state index in [9.17, 15) is 14.7 Å². The number of carbonyl (C=O) groups excluding carboxylic acids is 2. The molecule has 2 N–H and O–H groups in total. The van der Waals surface area contributed by atoms with E-state index in [1.165, 1.54) is 24.1 Å². The summed E-state index contributed by atoms with van der Waals surface area (Å²) in [7, 11) is 1.52. The molecule has 10 heteroatoms. The number of carbonyl (C=O) groups is 2. The number of halogens is 2. The molecule has 1 heterocycles. The Labute approximate surface area is 211 Å². The van der Waals surface area contributed by atoms with E-state index >= 15 is 0 Å². The van der Waals surface area contributed by atoms with E-state index in [-0.39, 0.29) is 32.8 Å². The number of aromatic hydroxyl groups is 1. The largest absolute Gasteiger partial charge is 0.508 e. The molecule has 2 amide bonds. The van der Waals surface area contributed by atoms with E-state index < -0.39 is 11.9 Å². The summed E-state index contributed by atoms with van der Waals surface area (Å²) in [5.41, 5.74) is 0.892. The number of aromatic nitrogens is 1. The molecule has 1 aliphatic rings. The second kappa shape index (κ2) is 10.6. The molecule has 1 aromatic heterocycles. The van der Waals surface area contributed by atoms with Crippen molar-refractivity contribution in [3.8, 4) is 11.5 Å². The van der Waals surface area contributed by atoms with Gasteiger partial charge in [-0.2, -0.15) is 4.37 Å². The highest BCUT2D eigenvalue weighted by Crippen LogP contribution is 2.36. The zero-order valence-corrected chi connectivity index (χ0v) is 20.7. The predicted molar refractivity (Wildman–Crippen MR) is 133 cm³/mol. The number of nitrogens with one attached hydrogen (secondary N) is 1. The van der Waals surface area contributed by atoms with Crippen LogP contribution < -0.4 is 15.0 Å². The van der Waals surface area contributed by atoms with Gasteiger partial charge in [-0.1, -0.05) is 54.2 Å². The van der Waals surface area contributed by atoms with E-state index in [2.05, 4.69) is 9.69 Å². The maximum absolute atomic E-state index is 13.9. The number of anilines is 1. The predicted octanol–water partition coefficient (Wildman–Crippen LogP) is 5.61. The third-order valence-corrected chi connectivity index (χ3v) is 7.38. The van der Waals surface area contributed by atoms with Crippen molar-refractivity contribution < 1.29 is 19.4 Å². The first-order chi connectivity index (χ1) is 16.4. The van der Waals surface area contributed by atoms with Gasteiger partial charge >= 0.3 is 0 Å². The van der Waals surface area contributed by atoms with Gasteiger partial charge in [-0.3, -0.25) is 14.5 Å². The van der Waals surface area contributed by atoms with Crippen molar-refractivity contribution in [2.75, 3.05) is 12.0 Å². The Morgan fingerprint density at radius 1 is 1.18 bits per heavy atom. The molecule has 0 radical (unpaired) electrons. The topological polar surface area (TPSA) is 91.8 Å². The smallest absolute Gasteiger partial charge is 0.280 e. The molecule has 1 atom stereocenters. The maximum atomic E-state index is 13.9.